The molecule has 3 nitrogen and oxygen atoms in total. The molecule has 0 aliphatic carbocycles. The van der Waals surface area contributed by atoms with Gasteiger partial charge in [-0.2, -0.15) is 4.31 Å². The van der Waals surface area contributed by atoms with Crippen molar-refractivity contribution in [3.05, 3.63) is 29.3 Å². The van der Waals surface area contributed by atoms with E-state index in [1.165, 1.54) is 4.31 Å². The summed E-state index contributed by atoms with van der Waals surface area (Å²) in [6.07, 6.45) is 0.779. The van der Waals surface area contributed by atoms with Crippen LogP contribution >= 0.6 is 11.6 Å². The van der Waals surface area contributed by atoms with E-state index in [1.54, 1.807) is 12.1 Å². The number of hydrogen-bond donors (Lipinski definition) is 0. The molecule has 0 radical (unpaired) electrons. The van der Waals surface area contributed by atoms with Crippen molar-refractivity contribution in [3.8, 4) is 0 Å². The molecule has 0 heterocycles. The lowest BCUT2D eigenvalue weighted by Gasteiger charge is -2.21. The lowest BCUT2D eigenvalue weighted by molar-refractivity contribution is 0.428. The molecule has 0 atom stereocenters. The smallest absolute Gasteiger partial charge is 0.207 e. The third-order valence-corrected chi connectivity index (χ3v) is 4.99. The van der Waals surface area contributed by atoms with E-state index in [2.05, 4.69) is 0 Å². The minimum atomic E-state index is -3.42. The molecule has 1 aromatic rings. The molecule has 0 aliphatic heterocycles. The Morgan fingerprint density at radius 3 is 2.33 bits per heavy atom. The van der Waals surface area contributed by atoms with E-state index in [1.807, 2.05) is 26.8 Å². The molecule has 102 valence electrons. The molecule has 0 aromatic heterocycles. The van der Waals surface area contributed by atoms with Crippen LogP contribution < -0.4 is 0 Å². The normalized spacial score (nSPS) is 12.1. The molecule has 0 amide bonds. The lowest BCUT2D eigenvalue weighted by Crippen LogP contribution is -2.33. The average Bonchev–Trinajstić information content (AvgIpc) is 2.32. The molecule has 0 bridgehead atoms. The van der Waals surface area contributed by atoms with Crippen molar-refractivity contribution in [2.75, 3.05) is 19.0 Å². The molecule has 0 saturated carbocycles. The van der Waals surface area contributed by atoms with Gasteiger partial charge in [0.05, 0.1) is 4.90 Å². The van der Waals surface area contributed by atoms with Crippen molar-refractivity contribution in [1.29, 1.82) is 0 Å². The fraction of sp³-hybridized carbons (Fsp3) is 0.538. The van der Waals surface area contributed by atoms with E-state index in [4.69, 9.17) is 11.6 Å². The molecule has 18 heavy (non-hydrogen) atoms. The molecule has 0 aliphatic rings. The predicted octanol–water partition coefficient (Wildman–Crippen LogP) is 2.94. The fourth-order valence-corrected chi connectivity index (χ4v) is 3.64. The molecule has 0 N–H and O–H groups in total. The Morgan fingerprint density at radius 1 is 1.17 bits per heavy atom. The summed E-state index contributed by atoms with van der Waals surface area (Å²) in [4.78, 5) is 0.351. The van der Waals surface area contributed by atoms with E-state index in [0.717, 1.165) is 17.5 Å². The van der Waals surface area contributed by atoms with Crippen LogP contribution in [-0.2, 0) is 10.0 Å². The van der Waals surface area contributed by atoms with Gasteiger partial charge in [0.2, 0.25) is 10.0 Å². The van der Waals surface area contributed by atoms with Gasteiger partial charge in [-0.3, -0.25) is 0 Å². The van der Waals surface area contributed by atoms with Gasteiger partial charge in [0.25, 0.3) is 0 Å². The Labute approximate surface area is 115 Å². The minimum Gasteiger partial charge on any atom is -0.207 e. The molecule has 1 rings (SSSR count). The summed E-state index contributed by atoms with van der Waals surface area (Å²) in [5.41, 5.74) is 2.08. The Bertz CT molecular complexity index is 494. The number of hydrogen-bond acceptors (Lipinski definition) is 2. The largest absolute Gasteiger partial charge is 0.243 e. The van der Waals surface area contributed by atoms with Crippen LogP contribution in [-0.4, -0.2) is 31.7 Å². The van der Waals surface area contributed by atoms with Crippen molar-refractivity contribution >= 4 is 21.6 Å². The Hall–Kier alpha value is -0.580. The van der Waals surface area contributed by atoms with Crippen molar-refractivity contribution in [2.45, 2.75) is 32.1 Å². The van der Waals surface area contributed by atoms with Crippen LogP contribution in [0, 0.1) is 13.8 Å². The minimum absolute atomic E-state index is 0.310. The molecule has 5 heteroatoms. The van der Waals surface area contributed by atoms with Crippen LogP contribution in [0.4, 0.5) is 0 Å². The topological polar surface area (TPSA) is 37.4 Å². The standard InChI is InChI=1S/C13H20ClNO2S/c1-4-8-15(9-7-14)18(16,17)13-6-5-11(2)12(3)10-13/h5-6,10H,4,7-9H2,1-3H3. The van der Waals surface area contributed by atoms with Gasteiger partial charge >= 0.3 is 0 Å². The van der Waals surface area contributed by atoms with Gasteiger partial charge in [-0.15, -0.1) is 11.6 Å². The SMILES string of the molecule is CCCN(CCCl)S(=O)(=O)c1ccc(C)c(C)c1. The maximum Gasteiger partial charge on any atom is 0.243 e. The van der Waals surface area contributed by atoms with E-state index in [9.17, 15) is 8.42 Å². The van der Waals surface area contributed by atoms with Crippen molar-refractivity contribution in [1.82, 2.24) is 4.31 Å². The molecule has 0 fully saturated rings. The first-order valence-electron chi connectivity index (χ1n) is 6.06. The van der Waals surface area contributed by atoms with Crippen molar-refractivity contribution in [3.63, 3.8) is 0 Å². The van der Waals surface area contributed by atoms with Gasteiger partial charge in [-0.1, -0.05) is 13.0 Å². The summed E-state index contributed by atoms with van der Waals surface area (Å²) in [6.45, 7) is 6.69. The maximum absolute atomic E-state index is 12.4. The van der Waals surface area contributed by atoms with E-state index in [-0.39, 0.29) is 0 Å². The van der Waals surface area contributed by atoms with Crippen molar-refractivity contribution in [2.24, 2.45) is 0 Å². The number of rotatable bonds is 6. The van der Waals surface area contributed by atoms with Crippen LogP contribution in [0.25, 0.3) is 0 Å². The molecule has 0 saturated heterocycles. The van der Waals surface area contributed by atoms with E-state index >= 15 is 0 Å². The van der Waals surface area contributed by atoms with Gasteiger partial charge in [0.1, 0.15) is 0 Å². The summed E-state index contributed by atoms with van der Waals surface area (Å²) < 4.78 is 26.3. The summed E-state index contributed by atoms with van der Waals surface area (Å²) in [7, 11) is -3.42. The first kappa shape index (κ1) is 15.5. The highest BCUT2D eigenvalue weighted by Crippen LogP contribution is 2.19. The van der Waals surface area contributed by atoms with Crippen LogP contribution in [0.15, 0.2) is 23.1 Å². The Balaban J connectivity index is 3.13. The predicted molar refractivity (Wildman–Crippen MR) is 75.7 cm³/mol. The highest BCUT2D eigenvalue weighted by Gasteiger charge is 2.23. The summed E-state index contributed by atoms with van der Waals surface area (Å²) in [6, 6.07) is 5.23. The number of halogens is 1. The number of sulfonamides is 1. The second-order valence-electron chi connectivity index (χ2n) is 4.34. The second-order valence-corrected chi connectivity index (χ2v) is 6.66. The second kappa shape index (κ2) is 6.55. The Morgan fingerprint density at radius 2 is 1.83 bits per heavy atom. The van der Waals surface area contributed by atoms with Gasteiger partial charge in [-0.25, -0.2) is 8.42 Å². The monoisotopic (exact) mass is 289 g/mol. The van der Waals surface area contributed by atoms with Crippen LogP contribution in [0.3, 0.4) is 0 Å². The summed E-state index contributed by atoms with van der Waals surface area (Å²) in [5.74, 6) is 0.310. The van der Waals surface area contributed by atoms with Crippen LogP contribution in [0.2, 0.25) is 0 Å². The Kier molecular flexibility index (Phi) is 5.63. The van der Waals surface area contributed by atoms with Gasteiger partial charge < -0.3 is 0 Å². The molecule has 0 spiro atoms. The van der Waals surface area contributed by atoms with Gasteiger partial charge in [0, 0.05) is 19.0 Å². The average molecular weight is 290 g/mol. The number of benzene rings is 1. The summed E-state index contributed by atoms with van der Waals surface area (Å²) in [5, 5.41) is 0. The zero-order valence-corrected chi connectivity index (χ0v) is 12.7. The third kappa shape index (κ3) is 3.46. The maximum atomic E-state index is 12.4. The lowest BCUT2D eigenvalue weighted by atomic mass is 10.1. The molecular weight excluding hydrogens is 270 g/mol. The van der Waals surface area contributed by atoms with Crippen molar-refractivity contribution < 1.29 is 8.42 Å². The first-order chi connectivity index (χ1) is 8.43. The number of nitrogens with zero attached hydrogens (tertiary/aromatic N) is 1. The quantitative estimate of drug-likeness (QED) is 0.755. The fourth-order valence-electron chi connectivity index (χ4n) is 1.72. The summed E-state index contributed by atoms with van der Waals surface area (Å²) >= 11 is 5.68. The zero-order chi connectivity index (χ0) is 13.8. The first-order valence-corrected chi connectivity index (χ1v) is 8.04. The van der Waals surface area contributed by atoms with E-state index in [0.29, 0.717) is 23.9 Å². The highest BCUT2D eigenvalue weighted by molar-refractivity contribution is 7.89. The van der Waals surface area contributed by atoms with Gasteiger partial charge in [0.15, 0.2) is 0 Å². The molecule has 0 unspecified atom stereocenters. The van der Waals surface area contributed by atoms with Crippen LogP contribution in [0.1, 0.15) is 24.5 Å². The van der Waals surface area contributed by atoms with Crippen LogP contribution in [0.5, 0.6) is 0 Å². The van der Waals surface area contributed by atoms with Gasteiger partial charge in [-0.05, 0) is 43.5 Å². The molecule has 1 aromatic carbocycles. The highest BCUT2D eigenvalue weighted by atomic mass is 35.5. The third-order valence-electron chi connectivity index (χ3n) is 2.92. The number of alkyl halides is 1. The molecular formula is C13H20ClNO2S. The number of aryl methyl sites for hydroxylation is 2. The zero-order valence-electron chi connectivity index (χ0n) is 11.1. The van der Waals surface area contributed by atoms with E-state index < -0.39 is 10.0 Å².